The molecule has 3 N–H and O–H groups in total. The van der Waals surface area contributed by atoms with E-state index >= 15 is 0 Å². The number of nitrogens with zero attached hydrogens (tertiary/aromatic N) is 1. The zero-order valence-electron chi connectivity index (χ0n) is 9.92. The SMILES string of the molecule is CC(C)NCCCNCc1ccc(=O)[nH]n1. The molecule has 1 heterocycles. The molecular weight excluding hydrogens is 204 g/mol. The smallest absolute Gasteiger partial charge is 0.264 e. The van der Waals surface area contributed by atoms with Crippen molar-refractivity contribution in [1.29, 1.82) is 0 Å². The van der Waals surface area contributed by atoms with Crippen LogP contribution in [0.5, 0.6) is 0 Å². The van der Waals surface area contributed by atoms with E-state index in [-0.39, 0.29) is 5.56 Å². The van der Waals surface area contributed by atoms with E-state index in [9.17, 15) is 4.79 Å². The minimum atomic E-state index is -0.162. The molecule has 16 heavy (non-hydrogen) atoms. The predicted octanol–water partition coefficient (Wildman–Crippen LogP) is 0.248. The van der Waals surface area contributed by atoms with Crippen molar-refractivity contribution in [2.45, 2.75) is 32.9 Å². The third kappa shape index (κ3) is 5.63. The van der Waals surface area contributed by atoms with Crippen molar-refractivity contribution in [3.63, 3.8) is 0 Å². The number of aromatic nitrogens is 2. The first kappa shape index (κ1) is 12.9. The maximum atomic E-state index is 10.8. The molecule has 1 aromatic heterocycles. The zero-order chi connectivity index (χ0) is 11.8. The molecule has 5 nitrogen and oxygen atoms in total. The Bertz CT molecular complexity index is 328. The average Bonchev–Trinajstić information content (AvgIpc) is 2.25. The number of rotatable bonds is 7. The molecule has 1 rings (SSSR count). The van der Waals surface area contributed by atoms with Crippen LogP contribution >= 0.6 is 0 Å². The summed E-state index contributed by atoms with van der Waals surface area (Å²) in [5, 5.41) is 12.9. The van der Waals surface area contributed by atoms with Crippen molar-refractivity contribution in [3.8, 4) is 0 Å². The van der Waals surface area contributed by atoms with Crippen LogP contribution in [0.1, 0.15) is 26.0 Å². The Balaban J connectivity index is 2.07. The van der Waals surface area contributed by atoms with Gasteiger partial charge in [-0.2, -0.15) is 5.10 Å². The molecule has 0 fully saturated rings. The summed E-state index contributed by atoms with van der Waals surface area (Å²) in [4.78, 5) is 10.8. The maximum Gasteiger partial charge on any atom is 0.264 e. The fourth-order valence-corrected chi connectivity index (χ4v) is 1.29. The molecule has 0 aliphatic heterocycles. The van der Waals surface area contributed by atoms with Crippen molar-refractivity contribution in [2.24, 2.45) is 0 Å². The largest absolute Gasteiger partial charge is 0.314 e. The highest BCUT2D eigenvalue weighted by molar-refractivity contribution is 4.98. The summed E-state index contributed by atoms with van der Waals surface area (Å²) in [6.45, 7) is 6.93. The van der Waals surface area contributed by atoms with Gasteiger partial charge in [-0.3, -0.25) is 4.79 Å². The Kier molecular flexibility index (Phi) is 5.74. The van der Waals surface area contributed by atoms with Crippen molar-refractivity contribution in [1.82, 2.24) is 20.8 Å². The quantitative estimate of drug-likeness (QED) is 0.581. The molecule has 0 saturated carbocycles. The van der Waals surface area contributed by atoms with Crippen LogP contribution in [-0.2, 0) is 6.54 Å². The molecule has 0 aliphatic carbocycles. The molecular formula is C11H20N4O. The molecule has 0 amide bonds. The lowest BCUT2D eigenvalue weighted by Gasteiger charge is -2.08. The van der Waals surface area contributed by atoms with E-state index in [1.165, 1.54) is 6.07 Å². The highest BCUT2D eigenvalue weighted by Crippen LogP contribution is 1.87. The molecule has 0 unspecified atom stereocenters. The van der Waals surface area contributed by atoms with E-state index in [0.717, 1.165) is 25.2 Å². The molecule has 1 aromatic rings. The van der Waals surface area contributed by atoms with Gasteiger partial charge in [0.1, 0.15) is 0 Å². The van der Waals surface area contributed by atoms with Gasteiger partial charge in [0.15, 0.2) is 0 Å². The van der Waals surface area contributed by atoms with E-state index < -0.39 is 0 Å². The van der Waals surface area contributed by atoms with E-state index in [2.05, 4.69) is 34.7 Å². The number of H-pyrrole nitrogens is 1. The molecule has 0 aliphatic rings. The Morgan fingerprint density at radius 1 is 1.38 bits per heavy atom. The summed E-state index contributed by atoms with van der Waals surface area (Å²) in [7, 11) is 0. The number of aromatic amines is 1. The predicted molar refractivity (Wildman–Crippen MR) is 64.3 cm³/mol. The van der Waals surface area contributed by atoms with Crippen LogP contribution in [0.25, 0.3) is 0 Å². The average molecular weight is 224 g/mol. The second kappa shape index (κ2) is 7.14. The maximum absolute atomic E-state index is 10.8. The highest BCUT2D eigenvalue weighted by atomic mass is 16.1. The van der Waals surface area contributed by atoms with Gasteiger partial charge in [-0.15, -0.1) is 0 Å². The number of hydrogen-bond acceptors (Lipinski definition) is 4. The topological polar surface area (TPSA) is 69.8 Å². The first-order valence-electron chi connectivity index (χ1n) is 5.67. The van der Waals surface area contributed by atoms with Gasteiger partial charge >= 0.3 is 0 Å². The van der Waals surface area contributed by atoms with Crippen LogP contribution in [0.4, 0.5) is 0 Å². The van der Waals surface area contributed by atoms with Crippen molar-refractivity contribution in [2.75, 3.05) is 13.1 Å². The molecule has 90 valence electrons. The Labute approximate surface area is 95.7 Å². The zero-order valence-corrected chi connectivity index (χ0v) is 9.92. The summed E-state index contributed by atoms with van der Waals surface area (Å²) in [6, 6.07) is 3.77. The van der Waals surface area contributed by atoms with E-state index in [4.69, 9.17) is 0 Å². The van der Waals surface area contributed by atoms with E-state index in [1.807, 2.05) is 0 Å². The normalized spacial score (nSPS) is 10.9. The second-order valence-corrected chi connectivity index (χ2v) is 4.05. The van der Waals surface area contributed by atoms with E-state index in [1.54, 1.807) is 6.07 Å². The summed E-state index contributed by atoms with van der Waals surface area (Å²) < 4.78 is 0. The fraction of sp³-hybridized carbons (Fsp3) is 0.636. The van der Waals surface area contributed by atoms with Gasteiger partial charge in [0.25, 0.3) is 5.56 Å². The van der Waals surface area contributed by atoms with Crippen LogP contribution in [0, 0.1) is 0 Å². The molecule has 0 radical (unpaired) electrons. The summed E-state index contributed by atoms with van der Waals surface area (Å²) >= 11 is 0. The monoisotopic (exact) mass is 224 g/mol. The standard InChI is InChI=1S/C11H20N4O/c1-9(2)13-7-3-6-12-8-10-4-5-11(16)15-14-10/h4-5,9,12-13H,3,6-8H2,1-2H3,(H,15,16). The van der Waals surface area contributed by atoms with Gasteiger partial charge in [0, 0.05) is 18.7 Å². The van der Waals surface area contributed by atoms with Crippen LogP contribution in [0.2, 0.25) is 0 Å². The third-order valence-electron chi connectivity index (χ3n) is 2.13. The summed E-state index contributed by atoms with van der Waals surface area (Å²) in [5.41, 5.74) is 0.696. The van der Waals surface area contributed by atoms with Gasteiger partial charge in [-0.1, -0.05) is 13.8 Å². The lowest BCUT2D eigenvalue weighted by molar-refractivity contribution is 0.545. The first-order valence-corrected chi connectivity index (χ1v) is 5.67. The van der Waals surface area contributed by atoms with Crippen LogP contribution in [-0.4, -0.2) is 29.3 Å². The van der Waals surface area contributed by atoms with Gasteiger partial charge in [-0.05, 0) is 25.6 Å². The second-order valence-electron chi connectivity index (χ2n) is 4.05. The van der Waals surface area contributed by atoms with Crippen molar-refractivity contribution in [3.05, 3.63) is 28.2 Å². The minimum absolute atomic E-state index is 0.162. The molecule has 5 heteroatoms. The third-order valence-corrected chi connectivity index (χ3v) is 2.13. The fourth-order valence-electron chi connectivity index (χ4n) is 1.29. The first-order chi connectivity index (χ1) is 7.68. The van der Waals surface area contributed by atoms with Crippen molar-refractivity contribution < 1.29 is 0 Å². The van der Waals surface area contributed by atoms with Crippen LogP contribution in [0.3, 0.4) is 0 Å². The molecule has 0 atom stereocenters. The van der Waals surface area contributed by atoms with Crippen LogP contribution < -0.4 is 16.2 Å². The van der Waals surface area contributed by atoms with Gasteiger partial charge < -0.3 is 10.6 Å². The number of hydrogen-bond donors (Lipinski definition) is 3. The summed E-state index contributed by atoms with van der Waals surface area (Å²) in [6.07, 6.45) is 1.08. The molecule has 0 bridgehead atoms. The molecule has 0 saturated heterocycles. The van der Waals surface area contributed by atoms with Gasteiger partial charge in [0.2, 0.25) is 0 Å². The lowest BCUT2D eigenvalue weighted by Crippen LogP contribution is -2.27. The van der Waals surface area contributed by atoms with Gasteiger partial charge in [0.05, 0.1) is 5.69 Å². The molecule has 0 spiro atoms. The van der Waals surface area contributed by atoms with E-state index in [0.29, 0.717) is 12.6 Å². The Morgan fingerprint density at radius 2 is 2.19 bits per heavy atom. The Hall–Kier alpha value is -1.20. The van der Waals surface area contributed by atoms with Gasteiger partial charge in [-0.25, -0.2) is 5.10 Å². The van der Waals surface area contributed by atoms with Crippen LogP contribution in [0.15, 0.2) is 16.9 Å². The summed E-state index contributed by atoms with van der Waals surface area (Å²) in [5.74, 6) is 0. The Morgan fingerprint density at radius 3 is 2.81 bits per heavy atom. The number of nitrogens with one attached hydrogen (secondary N) is 3. The molecule has 0 aromatic carbocycles. The minimum Gasteiger partial charge on any atom is -0.314 e. The lowest BCUT2D eigenvalue weighted by atomic mass is 10.3. The van der Waals surface area contributed by atoms with Crippen molar-refractivity contribution >= 4 is 0 Å². The highest BCUT2D eigenvalue weighted by Gasteiger charge is 1.95.